The van der Waals surface area contributed by atoms with Gasteiger partial charge in [0.25, 0.3) is 0 Å². The Kier molecular flexibility index (Phi) is 3.48. The van der Waals surface area contributed by atoms with Gasteiger partial charge in [-0.3, -0.25) is 0 Å². The highest BCUT2D eigenvalue weighted by Crippen LogP contribution is 2.37. The largest absolute Gasteiger partial charge is 0.408 e. The Labute approximate surface area is 137 Å². The Hall–Kier alpha value is -2.79. The fourth-order valence-corrected chi connectivity index (χ4v) is 3.24. The third-order valence-electron chi connectivity index (χ3n) is 3.74. The van der Waals surface area contributed by atoms with Crippen molar-refractivity contribution < 1.29 is 4.57 Å². The first kappa shape index (κ1) is 13.8. The van der Waals surface area contributed by atoms with Gasteiger partial charge in [0.1, 0.15) is 11.9 Å². The Morgan fingerprint density at radius 1 is 0.957 bits per heavy atom. The molecule has 0 atom stereocenters. The lowest BCUT2D eigenvalue weighted by molar-refractivity contribution is -0.654. The Morgan fingerprint density at radius 3 is 2.52 bits per heavy atom. The van der Waals surface area contributed by atoms with Crippen LogP contribution in [0.4, 0.5) is 10.8 Å². The molecule has 0 spiro atoms. The summed E-state index contributed by atoms with van der Waals surface area (Å²) in [4.78, 5) is 3.47. The molecule has 0 saturated heterocycles. The number of nitrogens with zero attached hydrogens (tertiary/aromatic N) is 3. The molecule has 2 heterocycles. The van der Waals surface area contributed by atoms with Crippen molar-refractivity contribution in [2.24, 2.45) is 17.3 Å². The van der Waals surface area contributed by atoms with E-state index in [1.165, 1.54) is 0 Å². The maximum atomic E-state index is 4.56. The van der Waals surface area contributed by atoms with Crippen LogP contribution in [0.15, 0.2) is 76.4 Å². The monoisotopic (exact) mass is 319 g/mol. The van der Waals surface area contributed by atoms with E-state index < -0.39 is 0 Å². The van der Waals surface area contributed by atoms with Gasteiger partial charge in [0.15, 0.2) is 0 Å². The van der Waals surface area contributed by atoms with Crippen LogP contribution in [0.3, 0.4) is 0 Å². The first-order valence-corrected chi connectivity index (χ1v) is 8.22. The van der Waals surface area contributed by atoms with Gasteiger partial charge >= 0.3 is 5.13 Å². The van der Waals surface area contributed by atoms with Crippen molar-refractivity contribution in [3.8, 4) is 11.3 Å². The average molecular weight is 319 g/mol. The van der Waals surface area contributed by atoms with E-state index in [-0.39, 0.29) is 0 Å². The Morgan fingerprint density at radius 2 is 1.74 bits per heavy atom. The van der Waals surface area contributed by atoms with Gasteiger partial charge in [0.2, 0.25) is 0 Å². The zero-order chi connectivity index (χ0) is 15.6. The number of rotatable bonds is 3. The zero-order valence-electron chi connectivity index (χ0n) is 12.6. The van der Waals surface area contributed by atoms with Crippen molar-refractivity contribution >= 4 is 33.1 Å². The first-order chi connectivity index (χ1) is 11.3. The molecular formula is C18H15N4S+. The summed E-state index contributed by atoms with van der Waals surface area (Å²) >= 11 is 1.57. The highest BCUT2D eigenvalue weighted by molar-refractivity contribution is 7.12. The lowest BCUT2D eigenvalue weighted by Crippen LogP contribution is -2.23. The fraction of sp³-hybridized carbons (Fsp3) is 0.0556. The normalized spacial score (nSPS) is 11.5. The molecular weight excluding hydrogens is 304 g/mol. The van der Waals surface area contributed by atoms with E-state index in [2.05, 4.69) is 39.5 Å². The van der Waals surface area contributed by atoms with Gasteiger partial charge in [-0.1, -0.05) is 48.5 Å². The standard InChI is InChI=1S/C18H14N4S/c1-22-11-12-23-18(22)21-20-17-14-9-5-6-10-15(14)19-16(17)13-7-3-2-4-8-13/h2-12H,1H3/p+1. The van der Waals surface area contributed by atoms with E-state index in [4.69, 9.17) is 0 Å². The van der Waals surface area contributed by atoms with E-state index in [0.29, 0.717) is 0 Å². The maximum absolute atomic E-state index is 4.56. The molecule has 112 valence electrons. The molecule has 0 unspecified atom stereocenters. The number of nitrogens with one attached hydrogen (secondary N) is 1. The number of hydrogen-bond acceptors (Lipinski definition) is 3. The number of benzene rings is 2. The molecule has 4 aromatic rings. The van der Waals surface area contributed by atoms with E-state index in [1.54, 1.807) is 11.3 Å². The summed E-state index contributed by atoms with van der Waals surface area (Å²) in [7, 11) is 1.97. The van der Waals surface area contributed by atoms with Crippen molar-refractivity contribution in [2.45, 2.75) is 0 Å². The van der Waals surface area contributed by atoms with Crippen LogP contribution in [-0.2, 0) is 7.05 Å². The van der Waals surface area contributed by atoms with Crippen LogP contribution in [0.1, 0.15) is 0 Å². The number of aromatic amines is 1. The molecule has 0 aliphatic carbocycles. The third kappa shape index (κ3) is 2.55. The van der Waals surface area contributed by atoms with E-state index >= 15 is 0 Å². The van der Waals surface area contributed by atoms with E-state index in [1.807, 2.05) is 53.5 Å². The van der Waals surface area contributed by atoms with Crippen molar-refractivity contribution in [3.63, 3.8) is 0 Å². The van der Waals surface area contributed by atoms with Gasteiger partial charge in [-0.05, 0) is 22.5 Å². The van der Waals surface area contributed by atoms with Crippen LogP contribution in [0.5, 0.6) is 0 Å². The molecule has 0 aliphatic rings. The molecule has 4 nitrogen and oxygen atoms in total. The highest BCUT2D eigenvalue weighted by atomic mass is 32.1. The Balaban J connectivity index is 1.90. The molecule has 0 amide bonds. The summed E-state index contributed by atoms with van der Waals surface area (Å²) in [5.41, 5.74) is 4.04. The molecule has 0 fully saturated rings. The summed E-state index contributed by atoms with van der Waals surface area (Å²) in [5.74, 6) is 0. The number of aromatic nitrogens is 2. The number of hydrogen-bond donors (Lipinski definition) is 1. The van der Waals surface area contributed by atoms with Gasteiger partial charge in [0, 0.05) is 21.8 Å². The lowest BCUT2D eigenvalue weighted by atomic mass is 10.1. The molecule has 1 N–H and O–H groups in total. The van der Waals surface area contributed by atoms with Crippen molar-refractivity contribution in [1.82, 2.24) is 4.98 Å². The van der Waals surface area contributed by atoms with Crippen LogP contribution in [-0.4, -0.2) is 4.98 Å². The summed E-state index contributed by atoms with van der Waals surface area (Å²) < 4.78 is 1.96. The summed E-state index contributed by atoms with van der Waals surface area (Å²) in [6.45, 7) is 0. The summed E-state index contributed by atoms with van der Waals surface area (Å²) in [5, 5.41) is 12.9. The number of aryl methyl sites for hydroxylation is 1. The number of thiazole rings is 1. The van der Waals surface area contributed by atoms with Gasteiger partial charge in [-0.25, -0.2) is 4.57 Å². The molecule has 4 rings (SSSR count). The topological polar surface area (TPSA) is 44.4 Å². The zero-order valence-corrected chi connectivity index (χ0v) is 13.4. The molecule has 2 aromatic carbocycles. The van der Waals surface area contributed by atoms with Crippen LogP contribution < -0.4 is 4.57 Å². The smallest absolute Gasteiger partial charge is 0.353 e. The number of azo groups is 1. The minimum absolute atomic E-state index is 0.870. The van der Waals surface area contributed by atoms with Crippen LogP contribution in [0.2, 0.25) is 0 Å². The van der Waals surface area contributed by atoms with Crippen LogP contribution in [0.25, 0.3) is 22.2 Å². The lowest BCUT2D eigenvalue weighted by Gasteiger charge is -1.97. The summed E-state index contributed by atoms with van der Waals surface area (Å²) in [6, 6.07) is 18.4. The molecule has 2 aromatic heterocycles. The number of fused-ring (bicyclic) bond motifs is 1. The van der Waals surface area contributed by atoms with Gasteiger partial charge in [0.05, 0.1) is 17.9 Å². The van der Waals surface area contributed by atoms with Crippen molar-refractivity contribution in [2.75, 3.05) is 0 Å². The second kappa shape index (κ2) is 5.78. The second-order valence-corrected chi connectivity index (χ2v) is 6.13. The minimum Gasteiger partial charge on any atom is -0.353 e. The van der Waals surface area contributed by atoms with Gasteiger partial charge in [-0.15, -0.1) is 0 Å². The van der Waals surface area contributed by atoms with Gasteiger partial charge in [-0.2, -0.15) is 0 Å². The first-order valence-electron chi connectivity index (χ1n) is 7.34. The number of H-pyrrole nitrogens is 1. The quantitative estimate of drug-likeness (QED) is 0.401. The minimum atomic E-state index is 0.870. The Bertz CT molecular complexity index is 983. The highest BCUT2D eigenvalue weighted by Gasteiger charge is 2.15. The van der Waals surface area contributed by atoms with Crippen LogP contribution in [0, 0.1) is 0 Å². The molecule has 0 aliphatic heterocycles. The molecule has 0 radical (unpaired) electrons. The van der Waals surface area contributed by atoms with E-state index in [0.717, 1.165) is 33.0 Å². The van der Waals surface area contributed by atoms with E-state index in [9.17, 15) is 0 Å². The molecule has 5 heteroatoms. The molecule has 0 saturated carbocycles. The molecule has 0 bridgehead atoms. The third-order valence-corrected chi connectivity index (χ3v) is 4.57. The fourth-order valence-electron chi connectivity index (χ4n) is 2.56. The molecule has 23 heavy (non-hydrogen) atoms. The van der Waals surface area contributed by atoms with Crippen molar-refractivity contribution in [3.05, 3.63) is 66.2 Å². The van der Waals surface area contributed by atoms with Crippen LogP contribution >= 0.6 is 11.3 Å². The average Bonchev–Trinajstić information content (AvgIpc) is 3.17. The maximum Gasteiger partial charge on any atom is 0.408 e. The number of para-hydroxylation sites is 1. The predicted octanol–water partition coefficient (Wildman–Crippen LogP) is 5.14. The second-order valence-electron chi connectivity index (χ2n) is 5.26. The SMILES string of the molecule is C[n+]1ccsc1/N=N/c1c(-c2ccccc2)[nH]c2ccccc12. The van der Waals surface area contributed by atoms with Crippen molar-refractivity contribution in [1.29, 1.82) is 0 Å². The predicted molar refractivity (Wildman–Crippen MR) is 93.4 cm³/mol. The van der Waals surface area contributed by atoms with Gasteiger partial charge < -0.3 is 4.98 Å². The summed E-state index contributed by atoms with van der Waals surface area (Å²) in [6.07, 6.45) is 1.98.